The van der Waals surface area contributed by atoms with E-state index in [1.54, 1.807) is 24.3 Å². The van der Waals surface area contributed by atoms with E-state index < -0.39 is 7.82 Å². The van der Waals surface area contributed by atoms with E-state index in [0.29, 0.717) is 12.0 Å². The van der Waals surface area contributed by atoms with Gasteiger partial charge in [0.2, 0.25) is 0 Å². The maximum absolute atomic E-state index is 10.6. The topological polar surface area (TPSA) is 66.8 Å². The molecule has 0 amide bonds. The molecule has 1 rings (SSSR count). The van der Waals surface area contributed by atoms with Crippen LogP contribution in [-0.4, -0.2) is 9.79 Å². The summed E-state index contributed by atoms with van der Waals surface area (Å²) in [4.78, 5) is 17.3. The number of hydrogen-bond acceptors (Lipinski definition) is 2. The molecule has 0 aliphatic heterocycles. The summed E-state index contributed by atoms with van der Waals surface area (Å²) in [6, 6.07) is 6.66. The van der Waals surface area contributed by atoms with E-state index in [1.165, 1.54) is 6.07 Å². The molecule has 0 radical (unpaired) electrons. The van der Waals surface area contributed by atoms with Gasteiger partial charge in [-0.05, 0) is 18.1 Å². The fourth-order valence-corrected chi connectivity index (χ4v) is 1.48. The van der Waals surface area contributed by atoms with Gasteiger partial charge in [0.05, 0.1) is 0 Å². The van der Waals surface area contributed by atoms with Gasteiger partial charge in [0.1, 0.15) is 5.75 Å². The Balaban J connectivity index is 2.95. The third-order valence-electron chi connectivity index (χ3n) is 1.55. The van der Waals surface area contributed by atoms with Crippen LogP contribution in [0.25, 0.3) is 0 Å². The Hall–Kier alpha value is -1.09. The van der Waals surface area contributed by atoms with Crippen molar-refractivity contribution in [3.63, 3.8) is 0 Å². The van der Waals surface area contributed by atoms with E-state index in [4.69, 9.17) is 9.79 Å². The minimum absolute atomic E-state index is 0.195. The molecular formula is C9H11O4P. The summed E-state index contributed by atoms with van der Waals surface area (Å²) < 4.78 is 15.1. The van der Waals surface area contributed by atoms with Crippen LogP contribution in [0.15, 0.2) is 36.9 Å². The Kier molecular flexibility index (Phi) is 3.47. The second-order valence-corrected chi connectivity index (χ2v) is 3.85. The van der Waals surface area contributed by atoms with Crippen LogP contribution >= 0.6 is 7.82 Å². The van der Waals surface area contributed by atoms with Crippen molar-refractivity contribution in [1.29, 1.82) is 0 Å². The van der Waals surface area contributed by atoms with Crippen LogP contribution in [-0.2, 0) is 11.0 Å². The van der Waals surface area contributed by atoms with Crippen molar-refractivity contribution < 1.29 is 18.9 Å². The third-order valence-corrected chi connectivity index (χ3v) is 1.99. The second-order valence-electron chi connectivity index (χ2n) is 2.68. The highest BCUT2D eigenvalue weighted by Crippen LogP contribution is 2.39. The van der Waals surface area contributed by atoms with E-state index in [1.807, 2.05) is 0 Å². The Morgan fingerprint density at radius 2 is 2.07 bits per heavy atom. The van der Waals surface area contributed by atoms with Crippen molar-refractivity contribution in [2.24, 2.45) is 0 Å². The van der Waals surface area contributed by atoms with Crippen LogP contribution in [0.2, 0.25) is 0 Å². The Labute approximate surface area is 82.1 Å². The van der Waals surface area contributed by atoms with Gasteiger partial charge in [0.15, 0.2) is 0 Å². The Morgan fingerprint density at radius 3 is 2.64 bits per heavy atom. The van der Waals surface area contributed by atoms with E-state index in [-0.39, 0.29) is 5.75 Å². The van der Waals surface area contributed by atoms with Crippen molar-refractivity contribution in [2.75, 3.05) is 0 Å². The van der Waals surface area contributed by atoms with E-state index in [2.05, 4.69) is 11.1 Å². The van der Waals surface area contributed by atoms with E-state index in [0.717, 1.165) is 0 Å². The molecule has 2 N–H and O–H groups in total. The molecule has 0 heterocycles. The summed E-state index contributed by atoms with van der Waals surface area (Å²) >= 11 is 0. The van der Waals surface area contributed by atoms with Crippen LogP contribution in [0, 0.1) is 0 Å². The van der Waals surface area contributed by atoms with Gasteiger partial charge in [-0.15, -0.1) is 6.58 Å². The van der Waals surface area contributed by atoms with Crippen molar-refractivity contribution >= 4 is 7.82 Å². The van der Waals surface area contributed by atoms with E-state index >= 15 is 0 Å². The van der Waals surface area contributed by atoms with Gasteiger partial charge in [0, 0.05) is 0 Å². The molecule has 0 spiro atoms. The van der Waals surface area contributed by atoms with Crippen molar-refractivity contribution in [2.45, 2.75) is 6.42 Å². The highest BCUT2D eigenvalue weighted by Gasteiger charge is 2.17. The molecule has 4 nitrogen and oxygen atoms in total. The average molecular weight is 214 g/mol. The quantitative estimate of drug-likeness (QED) is 0.593. The predicted molar refractivity (Wildman–Crippen MR) is 53.0 cm³/mol. The summed E-state index contributed by atoms with van der Waals surface area (Å²) in [6.45, 7) is 3.54. The third kappa shape index (κ3) is 3.34. The SMILES string of the molecule is C=CCc1ccccc1OP(=O)(O)O. The Morgan fingerprint density at radius 1 is 1.43 bits per heavy atom. The van der Waals surface area contributed by atoms with E-state index in [9.17, 15) is 4.57 Å². The lowest BCUT2D eigenvalue weighted by Crippen LogP contribution is -1.94. The molecule has 0 unspecified atom stereocenters. The molecule has 1 aromatic carbocycles. The minimum Gasteiger partial charge on any atom is -0.404 e. The highest BCUT2D eigenvalue weighted by molar-refractivity contribution is 7.46. The lowest BCUT2D eigenvalue weighted by molar-refractivity contribution is 0.282. The molecule has 0 aliphatic carbocycles. The molecule has 0 saturated heterocycles. The molecular weight excluding hydrogens is 203 g/mol. The average Bonchev–Trinajstić information content (AvgIpc) is 2.06. The zero-order valence-electron chi connectivity index (χ0n) is 7.46. The number of rotatable bonds is 4. The molecule has 0 aliphatic rings. The first-order chi connectivity index (χ1) is 6.53. The van der Waals surface area contributed by atoms with Gasteiger partial charge < -0.3 is 4.52 Å². The number of para-hydroxylation sites is 1. The van der Waals surface area contributed by atoms with Gasteiger partial charge in [-0.25, -0.2) is 4.57 Å². The van der Waals surface area contributed by atoms with Crippen LogP contribution < -0.4 is 4.52 Å². The monoisotopic (exact) mass is 214 g/mol. The molecule has 0 atom stereocenters. The summed E-state index contributed by atoms with van der Waals surface area (Å²) in [5, 5.41) is 0. The standard InChI is InChI=1S/C9H11O4P/c1-2-5-8-6-3-4-7-9(8)13-14(10,11)12/h2-4,6-7H,1,5H2,(H2,10,11,12). The summed E-state index contributed by atoms with van der Waals surface area (Å²) in [5.74, 6) is 0.195. The summed E-state index contributed by atoms with van der Waals surface area (Å²) in [7, 11) is -4.47. The number of benzene rings is 1. The van der Waals surface area contributed by atoms with Crippen LogP contribution in [0.3, 0.4) is 0 Å². The number of phosphoric acid groups is 1. The predicted octanol–water partition coefficient (Wildman–Crippen LogP) is 1.89. The first-order valence-corrected chi connectivity index (χ1v) is 5.50. The van der Waals surface area contributed by atoms with Gasteiger partial charge in [-0.2, -0.15) is 0 Å². The molecule has 0 aromatic heterocycles. The second kappa shape index (κ2) is 4.42. The summed E-state index contributed by atoms with van der Waals surface area (Å²) in [5.41, 5.74) is 0.700. The molecule has 0 bridgehead atoms. The van der Waals surface area contributed by atoms with Gasteiger partial charge in [0.25, 0.3) is 0 Å². The zero-order chi connectivity index (χ0) is 10.6. The highest BCUT2D eigenvalue weighted by atomic mass is 31.2. The summed E-state index contributed by atoms with van der Waals surface area (Å²) in [6.07, 6.45) is 2.15. The first kappa shape index (κ1) is 11.0. The zero-order valence-corrected chi connectivity index (χ0v) is 8.35. The van der Waals surface area contributed by atoms with Gasteiger partial charge in [-0.1, -0.05) is 24.3 Å². The van der Waals surface area contributed by atoms with Crippen LogP contribution in [0.1, 0.15) is 5.56 Å². The normalized spacial score (nSPS) is 11.0. The smallest absolute Gasteiger partial charge is 0.404 e. The molecule has 0 fully saturated rings. The van der Waals surface area contributed by atoms with Gasteiger partial charge >= 0.3 is 7.82 Å². The lowest BCUT2D eigenvalue weighted by atomic mass is 10.1. The largest absolute Gasteiger partial charge is 0.524 e. The van der Waals surface area contributed by atoms with Crippen LogP contribution in [0.5, 0.6) is 5.75 Å². The van der Waals surface area contributed by atoms with Crippen molar-refractivity contribution in [3.8, 4) is 5.75 Å². The number of phosphoric ester groups is 1. The van der Waals surface area contributed by atoms with Crippen molar-refractivity contribution in [3.05, 3.63) is 42.5 Å². The fraction of sp³-hybridized carbons (Fsp3) is 0.111. The molecule has 0 saturated carbocycles. The number of hydrogen-bond donors (Lipinski definition) is 2. The number of allylic oxidation sites excluding steroid dienone is 1. The Bertz CT molecular complexity index is 369. The lowest BCUT2D eigenvalue weighted by Gasteiger charge is -2.09. The minimum atomic E-state index is -4.47. The molecule has 1 aromatic rings. The maximum Gasteiger partial charge on any atom is 0.524 e. The maximum atomic E-state index is 10.6. The first-order valence-electron chi connectivity index (χ1n) is 3.97. The molecule has 5 heteroatoms. The van der Waals surface area contributed by atoms with Gasteiger partial charge in [-0.3, -0.25) is 9.79 Å². The fourth-order valence-electron chi connectivity index (χ4n) is 1.05. The van der Waals surface area contributed by atoms with Crippen LogP contribution in [0.4, 0.5) is 0 Å². The molecule has 14 heavy (non-hydrogen) atoms. The van der Waals surface area contributed by atoms with Crippen molar-refractivity contribution in [1.82, 2.24) is 0 Å². The molecule has 76 valence electrons.